The molecule has 0 aliphatic rings. The lowest BCUT2D eigenvalue weighted by atomic mass is 10.1. The molecule has 1 aromatic rings. The van der Waals surface area contributed by atoms with Gasteiger partial charge in [-0.15, -0.1) is 0 Å². The van der Waals surface area contributed by atoms with Gasteiger partial charge in [-0.1, -0.05) is 6.07 Å². The largest absolute Gasteiger partial charge is 0.462 e. The second-order valence-corrected chi connectivity index (χ2v) is 3.86. The van der Waals surface area contributed by atoms with E-state index in [2.05, 4.69) is 5.32 Å². The van der Waals surface area contributed by atoms with Crippen molar-refractivity contribution < 1.29 is 14.3 Å². The summed E-state index contributed by atoms with van der Waals surface area (Å²) in [6, 6.07) is 5.07. The molecule has 0 saturated carbocycles. The maximum absolute atomic E-state index is 11.7. The Kier molecular flexibility index (Phi) is 5.17. The minimum atomic E-state index is -0.455. The molecular formula is C13H18N2O3. The summed E-state index contributed by atoms with van der Waals surface area (Å²) in [5.41, 5.74) is 7.38. The minimum Gasteiger partial charge on any atom is -0.462 e. The fourth-order valence-corrected chi connectivity index (χ4v) is 1.47. The quantitative estimate of drug-likeness (QED) is 0.609. The Hall–Kier alpha value is -2.04. The highest BCUT2D eigenvalue weighted by Crippen LogP contribution is 2.16. The summed E-state index contributed by atoms with van der Waals surface area (Å²) < 4.78 is 5.03. The van der Waals surface area contributed by atoms with Gasteiger partial charge in [-0.05, 0) is 31.5 Å². The Morgan fingerprint density at radius 3 is 2.78 bits per heavy atom. The third-order valence-corrected chi connectivity index (χ3v) is 2.53. The predicted octanol–water partition coefficient (Wildman–Crippen LogP) is 1.26. The molecule has 0 aliphatic carbocycles. The van der Waals surface area contributed by atoms with E-state index >= 15 is 0 Å². The van der Waals surface area contributed by atoms with E-state index < -0.39 is 5.97 Å². The summed E-state index contributed by atoms with van der Waals surface area (Å²) in [7, 11) is 0. The summed E-state index contributed by atoms with van der Waals surface area (Å²) in [6.45, 7) is 4.23. The van der Waals surface area contributed by atoms with Crippen LogP contribution in [-0.2, 0) is 9.53 Å². The topological polar surface area (TPSA) is 81.4 Å². The molecular weight excluding hydrogens is 232 g/mol. The van der Waals surface area contributed by atoms with Crippen molar-refractivity contribution in [3.8, 4) is 0 Å². The van der Waals surface area contributed by atoms with Crippen molar-refractivity contribution in [3.63, 3.8) is 0 Å². The number of hydrogen-bond acceptors (Lipinski definition) is 4. The molecule has 1 rings (SSSR count). The van der Waals surface area contributed by atoms with Gasteiger partial charge >= 0.3 is 5.97 Å². The fraction of sp³-hybridized carbons (Fsp3) is 0.385. The van der Waals surface area contributed by atoms with Crippen LogP contribution in [0.1, 0.15) is 29.3 Å². The molecule has 98 valence electrons. The smallest absolute Gasteiger partial charge is 0.338 e. The molecule has 5 heteroatoms. The number of nitrogens with one attached hydrogen (secondary N) is 1. The molecule has 1 amide bonds. The molecule has 0 aliphatic heterocycles. The van der Waals surface area contributed by atoms with Crippen molar-refractivity contribution in [1.29, 1.82) is 0 Å². The van der Waals surface area contributed by atoms with Gasteiger partial charge in [-0.3, -0.25) is 4.79 Å². The van der Waals surface area contributed by atoms with E-state index in [1.54, 1.807) is 25.1 Å². The number of carbonyl (C=O) groups excluding carboxylic acids is 2. The molecule has 0 heterocycles. The molecule has 0 fully saturated rings. The monoisotopic (exact) mass is 250 g/mol. The van der Waals surface area contributed by atoms with Crippen LogP contribution in [-0.4, -0.2) is 25.0 Å². The number of anilines is 1. The van der Waals surface area contributed by atoms with Crippen molar-refractivity contribution in [2.24, 2.45) is 0 Å². The minimum absolute atomic E-state index is 0.0684. The van der Waals surface area contributed by atoms with Crippen LogP contribution in [0.15, 0.2) is 18.2 Å². The first-order valence-electron chi connectivity index (χ1n) is 5.85. The normalized spacial score (nSPS) is 9.89. The lowest BCUT2D eigenvalue weighted by Gasteiger charge is -2.08. The summed E-state index contributed by atoms with van der Waals surface area (Å²) in [6.07, 6.45) is 0.168. The lowest BCUT2D eigenvalue weighted by Crippen LogP contribution is -2.24. The summed E-state index contributed by atoms with van der Waals surface area (Å²) in [5, 5.41) is 2.63. The second-order valence-electron chi connectivity index (χ2n) is 3.86. The van der Waals surface area contributed by atoms with Crippen LogP contribution in [0, 0.1) is 6.92 Å². The molecule has 1 aromatic carbocycles. The van der Waals surface area contributed by atoms with Crippen molar-refractivity contribution in [2.45, 2.75) is 20.3 Å². The number of benzene rings is 1. The second kappa shape index (κ2) is 6.64. The molecule has 0 saturated heterocycles. The van der Waals surface area contributed by atoms with Crippen molar-refractivity contribution >= 4 is 17.6 Å². The summed E-state index contributed by atoms with van der Waals surface area (Å²) in [5.74, 6) is -0.585. The molecule has 0 bridgehead atoms. The highest BCUT2D eigenvalue weighted by Gasteiger charge is 2.12. The number of rotatable bonds is 5. The molecule has 0 unspecified atom stereocenters. The zero-order chi connectivity index (χ0) is 13.5. The van der Waals surface area contributed by atoms with E-state index in [0.29, 0.717) is 23.4 Å². The summed E-state index contributed by atoms with van der Waals surface area (Å²) >= 11 is 0. The van der Waals surface area contributed by atoms with Crippen LogP contribution in [0.3, 0.4) is 0 Å². The fourth-order valence-electron chi connectivity index (χ4n) is 1.47. The van der Waals surface area contributed by atoms with E-state index in [1.165, 1.54) is 0 Å². The molecule has 0 spiro atoms. The van der Waals surface area contributed by atoms with Crippen LogP contribution >= 0.6 is 0 Å². The van der Waals surface area contributed by atoms with Gasteiger partial charge in [0.05, 0.1) is 12.0 Å². The van der Waals surface area contributed by atoms with Crippen LogP contribution < -0.4 is 11.1 Å². The Balaban J connectivity index is 2.51. The van der Waals surface area contributed by atoms with Crippen LogP contribution in [0.4, 0.5) is 5.69 Å². The number of nitrogen functional groups attached to an aromatic ring is 1. The zero-order valence-corrected chi connectivity index (χ0v) is 10.7. The van der Waals surface area contributed by atoms with Gasteiger partial charge in [0.1, 0.15) is 6.61 Å². The van der Waals surface area contributed by atoms with Crippen LogP contribution in [0.5, 0.6) is 0 Å². The van der Waals surface area contributed by atoms with E-state index in [1.807, 2.05) is 6.92 Å². The lowest BCUT2D eigenvalue weighted by molar-refractivity contribution is -0.121. The standard InChI is InChI=1S/C13H18N2O3/c1-3-15-12(16)7-8-18-13(17)10-5-4-6-11(14)9(10)2/h4-6H,3,7-8,14H2,1-2H3,(H,15,16). The van der Waals surface area contributed by atoms with Gasteiger partial charge in [0, 0.05) is 12.2 Å². The first-order valence-corrected chi connectivity index (χ1v) is 5.85. The Labute approximate surface area is 106 Å². The number of esters is 1. The van der Waals surface area contributed by atoms with E-state index in [4.69, 9.17) is 10.5 Å². The van der Waals surface area contributed by atoms with Gasteiger partial charge in [0.25, 0.3) is 0 Å². The van der Waals surface area contributed by atoms with Gasteiger partial charge < -0.3 is 15.8 Å². The van der Waals surface area contributed by atoms with Gasteiger partial charge in [-0.25, -0.2) is 4.79 Å². The van der Waals surface area contributed by atoms with E-state index in [-0.39, 0.29) is 18.9 Å². The van der Waals surface area contributed by atoms with Crippen LogP contribution in [0.25, 0.3) is 0 Å². The maximum Gasteiger partial charge on any atom is 0.338 e. The number of amides is 1. The summed E-state index contributed by atoms with van der Waals surface area (Å²) in [4.78, 5) is 22.9. The highest BCUT2D eigenvalue weighted by atomic mass is 16.5. The first-order chi connectivity index (χ1) is 8.56. The molecule has 3 N–H and O–H groups in total. The van der Waals surface area contributed by atoms with Gasteiger partial charge in [-0.2, -0.15) is 0 Å². The average Bonchev–Trinajstić information content (AvgIpc) is 2.33. The number of ether oxygens (including phenoxy) is 1. The third-order valence-electron chi connectivity index (χ3n) is 2.53. The van der Waals surface area contributed by atoms with Gasteiger partial charge in [0.2, 0.25) is 5.91 Å². The van der Waals surface area contributed by atoms with Gasteiger partial charge in [0.15, 0.2) is 0 Å². The Morgan fingerprint density at radius 2 is 2.11 bits per heavy atom. The highest BCUT2D eigenvalue weighted by molar-refractivity contribution is 5.92. The third kappa shape index (κ3) is 3.76. The maximum atomic E-state index is 11.7. The first kappa shape index (κ1) is 14.0. The van der Waals surface area contributed by atoms with Crippen molar-refractivity contribution in [1.82, 2.24) is 5.32 Å². The van der Waals surface area contributed by atoms with Crippen molar-refractivity contribution in [3.05, 3.63) is 29.3 Å². The molecule has 5 nitrogen and oxygen atoms in total. The Bertz CT molecular complexity index is 444. The Morgan fingerprint density at radius 1 is 1.39 bits per heavy atom. The van der Waals surface area contributed by atoms with Crippen LogP contribution in [0.2, 0.25) is 0 Å². The van der Waals surface area contributed by atoms with Crippen molar-refractivity contribution in [2.75, 3.05) is 18.9 Å². The molecule has 0 atom stereocenters. The number of nitrogens with two attached hydrogens (primary N) is 1. The SMILES string of the molecule is CCNC(=O)CCOC(=O)c1cccc(N)c1C. The molecule has 0 radical (unpaired) electrons. The zero-order valence-electron chi connectivity index (χ0n) is 10.7. The molecule has 18 heavy (non-hydrogen) atoms. The van der Waals surface area contributed by atoms with E-state index in [9.17, 15) is 9.59 Å². The number of carbonyl (C=O) groups is 2. The molecule has 0 aromatic heterocycles. The van der Waals surface area contributed by atoms with E-state index in [0.717, 1.165) is 0 Å². The predicted molar refractivity (Wildman–Crippen MR) is 69.2 cm³/mol. The number of hydrogen-bond donors (Lipinski definition) is 2. The average molecular weight is 250 g/mol.